The van der Waals surface area contributed by atoms with Crippen LogP contribution in [0.2, 0.25) is 0 Å². The van der Waals surface area contributed by atoms with Crippen LogP contribution < -0.4 is 10.5 Å². The van der Waals surface area contributed by atoms with Gasteiger partial charge in [0.05, 0.1) is 29.8 Å². The second-order valence-corrected chi connectivity index (χ2v) is 10.5. The van der Waals surface area contributed by atoms with Crippen molar-refractivity contribution in [1.82, 2.24) is 4.90 Å². The third-order valence-electron chi connectivity index (χ3n) is 9.36. The Hall–Kier alpha value is -1.67. The maximum Gasteiger partial charge on any atom is 0.252 e. The number of nitrogens with zero attached hydrogens (tertiary/aromatic N) is 1. The standard InChI is InChI=1S/C24H30N2O5/c25-20(27)16-5-4-15-12-17-23(28)6-7-24(29-10-11-30-24)21-22(23,18(15)19(16)31-21)8-9-26(17)13-14-2-1-3-14/h4-5,14,17,21,28H,1-3,6-13H2,(H2,25,27)/t17-,21?,22?,23?/m1/s1. The molecule has 1 amide bonds. The van der Waals surface area contributed by atoms with E-state index in [0.717, 1.165) is 37.4 Å². The predicted molar refractivity (Wildman–Crippen MR) is 111 cm³/mol. The van der Waals surface area contributed by atoms with Crippen LogP contribution in [0.5, 0.6) is 5.75 Å². The van der Waals surface area contributed by atoms with Crippen molar-refractivity contribution in [2.75, 3.05) is 26.3 Å². The second kappa shape index (κ2) is 6.01. The molecule has 2 spiro atoms. The topological polar surface area (TPSA) is 94.3 Å². The SMILES string of the molecule is NC(=O)c1ccc2c3c1OC1C4(CCC5(O)[C@@H](C2)N(CC2CCC2)CCC315)OCCO4. The van der Waals surface area contributed by atoms with Gasteiger partial charge in [-0.25, -0.2) is 0 Å². The van der Waals surface area contributed by atoms with Crippen molar-refractivity contribution in [3.05, 3.63) is 28.8 Å². The van der Waals surface area contributed by atoms with Gasteiger partial charge in [-0.05, 0) is 56.2 Å². The lowest BCUT2D eigenvalue weighted by molar-refractivity contribution is -0.297. The first-order chi connectivity index (χ1) is 15.0. The van der Waals surface area contributed by atoms with E-state index in [1.165, 1.54) is 24.8 Å². The van der Waals surface area contributed by atoms with Gasteiger partial charge >= 0.3 is 0 Å². The highest BCUT2D eigenvalue weighted by atomic mass is 16.8. The third-order valence-corrected chi connectivity index (χ3v) is 9.36. The number of benzene rings is 1. The highest BCUT2D eigenvalue weighted by molar-refractivity contribution is 5.97. The molecular weight excluding hydrogens is 396 g/mol. The van der Waals surface area contributed by atoms with Crippen molar-refractivity contribution in [1.29, 1.82) is 0 Å². The van der Waals surface area contributed by atoms with Crippen LogP contribution in [0, 0.1) is 5.92 Å². The van der Waals surface area contributed by atoms with Crippen LogP contribution in [0.15, 0.2) is 12.1 Å². The van der Waals surface area contributed by atoms with Crippen LogP contribution in [0.1, 0.15) is 60.0 Å². The molecule has 3 heterocycles. The fourth-order valence-corrected chi connectivity index (χ4v) is 7.79. The average molecular weight is 427 g/mol. The molecule has 2 bridgehead atoms. The van der Waals surface area contributed by atoms with Gasteiger partial charge in [0.15, 0.2) is 6.10 Å². The number of carbonyl (C=O) groups is 1. The quantitative estimate of drug-likeness (QED) is 0.761. The highest BCUT2D eigenvalue weighted by Crippen LogP contribution is 2.67. The van der Waals surface area contributed by atoms with E-state index in [0.29, 0.717) is 37.4 Å². The summed E-state index contributed by atoms with van der Waals surface area (Å²) in [6.45, 7) is 3.03. The third kappa shape index (κ3) is 2.12. The zero-order valence-electron chi connectivity index (χ0n) is 17.8. The Labute approximate surface area is 181 Å². The number of ether oxygens (including phenoxy) is 3. The summed E-state index contributed by atoms with van der Waals surface area (Å²) >= 11 is 0. The second-order valence-electron chi connectivity index (χ2n) is 10.5. The summed E-state index contributed by atoms with van der Waals surface area (Å²) in [5.41, 5.74) is 6.72. The van der Waals surface area contributed by atoms with Crippen LogP contribution in [0.25, 0.3) is 0 Å². The van der Waals surface area contributed by atoms with Gasteiger partial charge in [-0.3, -0.25) is 9.69 Å². The number of hydrogen-bond donors (Lipinski definition) is 2. The molecular formula is C24H30N2O5. The molecule has 4 atom stereocenters. The van der Waals surface area contributed by atoms with Gasteiger partial charge in [-0.15, -0.1) is 0 Å². The summed E-state index contributed by atoms with van der Waals surface area (Å²) in [5, 5.41) is 12.5. The van der Waals surface area contributed by atoms with Crippen molar-refractivity contribution >= 4 is 5.91 Å². The number of carbonyl (C=O) groups excluding carboxylic acids is 1. The van der Waals surface area contributed by atoms with Crippen LogP contribution >= 0.6 is 0 Å². The van der Waals surface area contributed by atoms with Crippen molar-refractivity contribution in [3.63, 3.8) is 0 Å². The fourth-order valence-electron chi connectivity index (χ4n) is 7.79. The van der Waals surface area contributed by atoms with Crippen molar-refractivity contribution in [2.45, 2.75) is 73.9 Å². The first-order valence-corrected chi connectivity index (χ1v) is 11.9. The van der Waals surface area contributed by atoms with Gasteiger partial charge in [-0.2, -0.15) is 0 Å². The molecule has 2 saturated heterocycles. The molecule has 1 aromatic carbocycles. The molecule has 31 heavy (non-hydrogen) atoms. The molecule has 3 N–H and O–H groups in total. The van der Waals surface area contributed by atoms with E-state index in [4.69, 9.17) is 19.9 Å². The van der Waals surface area contributed by atoms with E-state index in [2.05, 4.69) is 4.90 Å². The molecule has 166 valence electrons. The van der Waals surface area contributed by atoms with Crippen LogP contribution in [0.3, 0.4) is 0 Å². The van der Waals surface area contributed by atoms with Crippen molar-refractivity contribution in [3.8, 4) is 5.75 Å². The number of piperidine rings is 1. The number of rotatable bonds is 3. The van der Waals surface area contributed by atoms with E-state index in [1.54, 1.807) is 6.07 Å². The monoisotopic (exact) mass is 426 g/mol. The fraction of sp³-hybridized carbons (Fsp3) is 0.708. The average Bonchev–Trinajstić information content (AvgIpc) is 3.31. The summed E-state index contributed by atoms with van der Waals surface area (Å²) in [6.07, 6.45) is 6.21. The molecule has 0 radical (unpaired) electrons. The molecule has 6 aliphatic rings. The van der Waals surface area contributed by atoms with Gasteiger partial charge in [0, 0.05) is 24.6 Å². The molecule has 1 aromatic rings. The molecule has 7 nitrogen and oxygen atoms in total. The lowest BCUT2D eigenvalue weighted by atomic mass is 9.48. The number of likely N-dealkylation sites (tertiary alicyclic amines) is 1. The molecule has 7 heteroatoms. The zero-order chi connectivity index (χ0) is 21.0. The Morgan fingerprint density at radius 2 is 2.00 bits per heavy atom. The smallest absolute Gasteiger partial charge is 0.252 e. The minimum Gasteiger partial charge on any atom is -0.483 e. The van der Waals surface area contributed by atoms with Crippen molar-refractivity contribution < 1.29 is 24.1 Å². The normalized spacial score (nSPS) is 39.8. The number of hydrogen-bond acceptors (Lipinski definition) is 6. The number of nitrogens with two attached hydrogens (primary N) is 1. The molecule has 3 unspecified atom stereocenters. The maximum atomic E-state index is 12.5. The summed E-state index contributed by atoms with van der Waals surface area (Å²) in [6, 6.07) is 3.87. The Morgan fingerprint density at radius 3 is 2.71 bits per heavy atom. The zero-order valence-corrected chi connectivity index (χ0v) is 17.8. The van der Waals surface area contributed by atoms with Gasteiger partial charge in [0.2, 0.25) is 5.79 Å². The van der Waals surface area contributed by atoms with Gasteiger partial charge in [0.1, 0.15) is 5.75 Å². The minimum atomic E-state index is -0.936. The molecule has 3 aliphatic carbocycles. The highest BCUT2D eigenvalue weighted by Gasteiger charge is 2.77. The number of aliphatic hydroxyl groups is 1. The van der Waals surface area contributed by atoms with E-state index < -0.39 is 28.8 Å². The maximum absolute atomic E-state index is 12.5. The Bertz CT molecular complexity index is 971. The van der Waals surface area contributed by atoms with E-state index in [1.807, 2.05) is 6.07 Å². The van der Waals surface area contributed by atoms with Gasteiger partial charge < -0.3 is 25.1 Å². The number of amides is 1. The molecule has 4 fully saturated rings. The summed E-state index contributed by atoms with van der Waals surface area (Å²) < 4.78 is 19.0. The number of primary amides is 1. The Balaban J connectivity index is 1.42. The first-order valence-electron chi connectivity index (χ1n) is 11.9. The summed E-state index contributed by atoms with van der Waals surface area (Å²) in [5.74, 6) is -0.0584. The van der Waals surface area contributed by atoms with Crippen LogP contribution in [-0.2, 0) is 21.3 Å². The van der Waals surface area contributed by atoms with Gasteiger partial charge in [0.25, 0.3) is 5.91 Å². The lowest BCUT2D eigenvalue weighted by Crippen LogP contribution is -2.79. The minimum absolute atomic E-state index is 0.0459. The van der Waals surface area contributed by atoms with Crippen LogP contribution in [-0.4, -0.2) is 65.8 Å². The van der Waals surface area contributed by atoms with E-state index >= 15 is 0 Å². The van der Waals surface area contributed by atoms with E-state index in [9.17, 15) is 9.90 Å². The van der Waals surface area contributed by atoms with Gasteiger partial charge in [-0.1, -0.05) is 12.5 Å². The predicted octanol–water partition coefficient (Wildman–Crippen LogP) is 1.48. The number of fused-ring (bicyclic) bond motifs is 1. The largest absolute Gasteiger partial charge is 0.483 e. The molecule has 3 aliphatic heterocycles. The summed E-state index contributed by atoms with van der Waals surface area (Å²) in [4.78, 5) is 14.8. The van der Waals surface area contributed by atoms with Crippen molar-refractivity contribution in [2.24, 2.45) is 11.7 Å². The first kappa shape index (κ1) is 18.9. The molecule has 0 aromatic heterocycles. The molecule has 2 saturated carbocycles. The molecule has 7 rings (SSSR count). The summed E-state index contributed by atoms with van der Waals surface area (Å²) in [7, 11) is 0. The Kier molecular flexibility index (Phi) is 3.66. The lowest BCUT2D eigenvalue weighted by Gasteiger charge is -2.65. The Morgan fingerprint density at radius 1 is 1.19 bits per heavy atom. The van der Waals surface area contributed by atoms with E-state index in [-0.39, 0.29) is 6.04 Å². The van der Waals surface area contributed by atoms with Crippen LogP contribution in [0.4, 0.5) is 0 Å².